The van der Waals surface area contributed by atoms with Crippen LogP contribution in [0.3, 0.4) is 0 Å². The molecule has 0 bridgehead atoms. The van der Waals surface area contributed by atoms with Crippen molar-refractivity contribution in [1.29, 1.82) is 0 Å². The first-order valence-corrected chi connectivity index (χ1v) is 9.40. The zero-order valence-corrected chi connectivity index (χ0v) is 15.7. The van der Waals surface area contributed by atoms with Crippen molar-refractivity contribution in [2.24, 2.45) is 0 Å². The summed E-state index contributed by atoms with van der Waals surface area (Å²) >= 11 is 0. The summed E-state index contributed by atoms with van der Waals surface area (Å²) in [6, 6.07) is 11.9. The lowest BCUT2D eigenvalue weighted by molar-refractivity contribution is 0.0724. The predicted molar refractivity (Wildman–Crippen MR) is 108 cm³/mol. The number of fused-ring (bicyclic) bond motifs is 1. The number of hydrogen-bond donors (Lipinski definition) is 1. The van der Waals surface area contributed by atoms with Gasteiger partial charge in [0.05, 0.1) is 12.5 Å². The molecule has 144 valence electrons. The van der Waals surface area contributed by atoms with Crippen molar-refractivity contribution in [2.75, 3.05) is 20.2 Å². The maximum Gasteiger partial charge on any atom is 0.266 e. The summed E-state index contributed by atoms with van der Waals surface area (Å²) in [6.45, 7) is 1.55. The highest BCUT2D eigenvalue weighted by Crippen LogP contribution is 2.28. The van der Waals surface area contributed by atoms with Gasteiger partial charge in [-0.15, -0.1) is 0 Å². The Morgan fingerprint density at radius 3 is 2.61 bits per heavy atom. The quantitative estimate of drug-likeness (QED) is 0.759. The van der Waals surface area contributed by atoms with Crippen LogP contribution < -0.4 is 10.3 Å². The summed E-state index contributed by atoms with van der Waals surface area (Å²) < 4.78 is 6.59. The first kappa shape index (κ1) is 18.1. The van der Waals surface area contributed by atoms with Gasteiger partial charge in [0.15, 0.2) is 0 Å². The number of aromatic nitrogens is 1. The van der Waals surface area contributed by atoms with E-state index in [0.717, 1.165) is 32.4 Å². The predicted octanol–water partition coefficient (Wildman–Crippen LogP) is 3.33. The Balaban J connectivity index is 1.76. The van der Waals surface area contributed by atoms with Gasteiger partial charge in [-0.3, -0.25) is 14.2 Å². The molecule has 1 amide bonds. The molecule has 2 aromatic carbocycles. The standard InChI is InChI=1S/C22H22N2O4/c1-28-18-13-15-8-11-24(22(27)20(15)19(25)14-18)17-7-5-6-16(12-17)21(26)23-9-3-2-4-10-23/h5-8,11-14,25H,2-4,9-10H2,1H3. The summed E-state index contributed by atoms with van der Waals surface area (Å²) in [4.78, 5) is 27.7. The number of piperidine rings is 1. The summed E-state index contributed by atoms with van der Waals surface area (Å²) in [5, 5.41) is 11.1. The molecule has 1 N–H and O–H groups in total. The molecule has 4 rings (SSSR count). The number of aromatic hydroxyl groups is 1. The number of phenolic OH excluding ortho intramolecular Hbond substituents is 1. The van der Waals surface area contributed by atoms with Gasteiger partial charge < -0.3 is 14.7 Å². The Hall–Kier alpha value is -3.28. The van der Waals surface area contributed by atoms with Gasteiger partial charge >= 0.3 is 0 Å². The molecule has 1 aromatic heterocycles. The second-order valence-corrected chi connectivity index (χ2v) is 7.00. The third-order valence-corrected chi connectivity index (χ3v) is 5.21. The van der Waals surface area contributed by atoms with Crippen LogP contribution in [0, 0.1) is 0 Å². The van der Waals surface area contributed by atoms with Gasteiger partial charge in [0.2, 0.25) is 0 Å². The fourth-order valence-corrected chi connectivity index (χ4v) is 3.72. The van der Waals surface area contributed by atoms with E-state index in [1.807, 2.05) is 4.90 Å². The number of likely N-dealkylation sites (tertiary alicyclic amines) is 1. The Morgan fingerprint density at radius 2 is 1.86 bits per heavy atom. The molecule has 0 aliphatic carbocycles. The maximum absolute atomic E-state index is 13.0. The van der Waals surface area contributed by atoms with Crippen LogP contribution in [0.2, 0.25) is 0 Å². The number of nitrogens with zero attached hydrogens (tertiary/aromatic N) is 2. The third-order valence-electron chi connectivity index (χ3n) is 5.21. The normalized spacial score (nSPS) is 14.2. The SMILES string of the molecule is COc1cc(O)c2c(=O)n(-c3cccc(C(=O)N4CCCCC4)c3)ccc2c1. The molecule has 0 atom stereocenters. The van der Waals surface area contributed by atoms with Gasteiger partial charge in [-0.05, 0) is 55.0 Å². The number of hydrogen-bond acceptors (Lipinski definition) is 4. The lowest BCUT2D eigenvalue weighted by Gasteiger charge is -2.26. The van der Waals surface area contributed by atoms with Gasteiger partial charge in [0.25, 0.3) is 11.5 Å². The van der Waals surface area contributed by atoms with Crippen molar-refractivity contribution in [2.45, 2.75) is 19.3 Å². The number of amides is 1. The molecule has 0 unspecified atom stereocenters. The first-order valence-electron chi connectivity index (χ1n) is 9.40. The van der Waals surface area contributed by atoms with Crippen LogP contribution in [0.5, 0.6) is 11.5 Å². The van der Waals surface area contributed by atoms with E-state index in [4.69, 9.17) is 4.74 Å². The van der Waals surface area contributed by atoms with Crippen molar-refractivity contribution >= 4 is 16.7 Å². The van der Waals surface area contributed by atoms with E-state index in [0.29, 0.717) is 22.4 Å². The fraction of sp³-hybridized carbons (Fsp3) is 0.273. The lowest BCUT2D eigenvalue weighted by atomic mass is 10.1. The molecule has 1 aliphatic heterocycles. The van der Waals surface area contributed by atoms with Crippen molar-refractivity contribution in [3.8, 4) is 17.2 Å². The van der Waals surface area contributed by atoms with Crippen molar-refractivity contribution in [3.05, 3.63) is 64.6 Å². The van der Waals surface area contributed by atoms with E-state index in [-0.39, 0.29) is 22.6 Å². The molecule has 6 nitrogen and oxygen atoms in total. The Morgan fingerprint density at radius 1 is 1.07 bits per heavy atom. The Kier molecular flexibility index (Phi) is 4.77. The first-order chi connectivity index (χ1) is 13.6. The van der Waals surface area contributed by atoms with Crippen LogP contribution in [-0.2, 0) is 0 Å². The highest BCUT2D eigenvalue weighted by Gasteiger charge is 2.19. The van der Waals surface area contributed by atoms with Crippen molar-refractivity contribution in [3.63, 3.8) is 0 Å². The van der Waals surface area contributed by atoms with E-state index in [9.17, 15) is 14.7 Å². The van der Waals surface area contributed by atoms with E-state index in [1.165, 1.54) is 17.7 Å². The zero-order chi connectivity index (χ0) is 19.7. The van der Waals surface area contributed by atoms with Crippen LogP contribution in [-0.4, -0.2) is 40.7 Å². The minimum atomic E-state index is -0.347. The topological polar surface area (TPSA) is 71.8 Å². The largest absolute Gasteiger partial charge is 0.507 e. The second-order valence-electron chi connectivity index (χ2n) is 7.00. The Labute approximate surface area is 162 Å². The molecule has 6 heteroatoms. The van der Waals surface area contributed by atoms with Crippen LogP contribution in [0.25, 0.3) is 16.5 Å². The maximum atomic E-state index is 13.0. The average Bonchev–Trinajstić information content (AvgIpc) is 2.73. The van der Waals surface area contributed by atoms with E-state index >= 15 is 0 Å². The number of methoxy groups -OCH3 is 1. The molecule has 1 saturated heterocycles. The van der Waals surface area contributed by atoms with E-state index in [2.05, 4.69) is 0 Å². The molecule has 0 radical (unpaired) electrons. The molecular formula is C22H22N2O4. The Bertz CT molecular complexity index is 1100. The highest BCUT2D eigenvalue weighted by atomic mass is 16.5. The number of benzene rings is 2. The fourth-order valence-electron chi connectivity index (χ4n) is 3.72. The van der Waals surface area contributed by atoms with Crippen LogP contribution in [0.15, 0.2) is 53.5 Å². The molecule has 0 spiro atoms. The summed E-state index contributed by atoms with van der Waals surface area (Å²) in [7, 11) is 1.51. The van der Waals surface area contributed by atoms with Gasteiger partial charge in [-0.1, -0.05) is 6.07 Å². The molecule has 1 fully saturated rings. The molecule has 28 heavy (non-hydrogen) atoms. The minimum Gasteiger partial charge on any atom is -0.507 e. The number of carbonyl (C=O) groups is 1. The second kappa shape index (κ2) is 7.38. The number of phenols is 1. The van der Waals surface area contributed by atoms with Crippen LogP contribution in [0.1, 0.15) is 29.6 Å². The van der Waals surface area contributed by atoms with Gasteiger partial charge in [0, 0.05) is 36.6 Å². The molecule has 0 saturated carbocycles. The molecule has 2 heterocycles. The molecular weight excluding hydrogens is 356 g/mol. The van der Waals surface area contributed by atoms with Crippen molar-refractivity contribution < 1.29 is 14.6 Å². The number of carbonyl (C=O) groups excluding carboxylic acids is 1. The number of ether oxygens (including phenoxy) is 1. The van der Waals surface area contributed by atoms with Crippen molar-refractivity contribution in [1.82, 2.24) is 9.47 Å². The monoisotopic (exact) mass is 378 g/mol. The summed E-state index contributed by atoms with van der Waals surface area (Å²) in [5.41, 5.74) is 0.801. The van der Waals surface area contributed by atoms with Crippen LogP contribution in [0.4, 0.5) is 0 Å². The van der Waals surface area contributed by atoms with E-state index < -0.39 is 0 Å². The summed E-state index contributed by atoms with van der Waals surface area (Å²) in [6.07, 6.45) is 4.86. The van der Waals surface area contributed by atoms with Gasteiger partial charge in [-0.2, -0.15) is 0 Å². The molecule has 1 aliphatic rings. The van der Waals surface area contributed by atoms with Gasteiger partial charge in [-0.25, -0.2) is 0 Å². The zero-order valence-electron chi connectivity index (χ0n) is 15.7. The number of rotatable bonds is 3. The lowest BCUT2D eigenvalue weighted by Crippen LogP contribution is -2.35. The number of pyridine rings is 1. The third kappa shape index (κ3) is 3.22. The summed E-state index contributed by atoms with van der Waals surface area (Å²) in [5.74, 6) is 0.341. The minimum absolute atomic E-state index is 0.0111. The smallest absolute Gasteiger partial charge is 0.266 e. The van der Waals surface area contributed by atoms with Crippen LogP contribution >= 0.6 is 0 Å². The average molecular weight is 378 g/mol. The molecule has 3 aromatic rings. The van der Waals surface area contributed by atoms with E-state index in [1.54, 1.807) is 42.6 Å². The van der Waals surface area contributed by atoms with Gasteiger partial charge in [0.1, 0.15) is 11.5 Å². The highest BCUT2D eigenvalue weighted by molar-refractivity contribution is 5.95.